The largest absolute Gasteiger partial charge is 0.457 e. The molecule has 0 radical (unpaired) electrons. The maximum absolute atomic E-state index is 12.2. The lowest BCUT2D eigenvalue weighted by Crippen LogP contribution is -2.27. The summed E-state index contributed by atoms with van der Waals surface area (Å²) in [6.45, 7) is 5.37. The van der Waals surface area contributed by atoms with Crippen LogP contribution in [0.15, 0.2) is 12.2 Å². The van der Waals surface area contributed by atoms with Crippen LogP contribution >= 0.6 is 0 Å². The van der Waals surface area contributed by atoms with Crippen molar-refractivity contribution in [2.75, 3.05) is 19.8 Å². The minimum absolute atomic E-state index is 0.169. The van der Waals surface area contributed by atoms with Crippen LogP contribution in [-0.4, -0.2) is 37.0 Å². The monoisotopic (exact) mass is 707 g/mol. The molecule has 0 rings (SSSR count). The average Bonchev–Trinajstić information content (AvgIpc) is 3.12. The van der Waals surface area contributed by atoms with Gasteiger partial charge in [-0.15, -0.1) is 0 Å². The maximum atomic E-state index is 12.2. The van der Waals surface area contributed by atoms with E-state index in [0.29, 0.717) is 19.6 Å². The number of unbranched alkanes of at least 4 members (excludes halogenated alkanes) is 33. The van der Waals surface area contributed by atoms with Crippen LogP contribution in [-0.2, 0) is 14.3 Å². The molecule has 0 heterocycles. The van der Waals surface area contributed by atoms with Gasteiger partial charge in [0.2, 0.25) is 0 Å². The second-order valence-electron chi connectivity index (χ2n) is 15.5. The highest BCUT2D eigenvalue weighted by Crippen LogP contribution is 2.16. The fourth-order valence-corrected chi connectivity index (χ4v) is 6.91. The normalized spacial score (nSPS) is 12.3. The summed E-state index contributed by atoms with van der Waals surface area (Å²) < 4.78 is 11.2. The molecule has 0 spiro atoms. The molecule has 298 valence electrons. The van der Waals surface area contributed by atoms with Crippen LogP contribution in [0.3, 0.4) is 0 Å². The predicted molar refractivity (Wildman–Crippen MR) is 219 cm³/mol. The molecule has 0 saturated carbocycles. The molecular formula is C46H90O4. The van der Waals surface area contributed by atoms with E-state index < -0.39 is 6.10 Å². The van der Waals surface area contributed by atoms with Crippen LogP contribution in [0, 0.1) is 0 Å². The van der Waals surface area contributed by atoms with Gasteiger partial charge in [-0.1, -0.05) is 219 Å². The lowest BCUT2D eigenvalue weighted by molar-refractivity contribution is -0.154. The number of carbonyl (C=O) groups excluding carboxylic acids is 1. The first-order valence-corrected chi connectivity index (χ1v) is 22.8. The Hall–Kier alpha value is -0.870. The Bertz CT molecular complexity index is 663. The number of hydrogen-bond acceptors (Lipinski definition) is 4. The number of rotatable bonds is 43. The van der Waals surface area contributed by atoms with Crippen molar-refractivity contribution in [3.05, 3.63) is 12.2 Å². The van der Waals surface area contributed by atoms with Crippen molar-refractivity contribution in [2.45, 2.75) is 258 Å². The van der Waals surface area contributed by atoms with Gasteiger partial charge in [0.15, 0.2) is 0 Å². The van der Waals surface area contributed by atoms with Crippen molar-refractivity contribution in [1.29, 1.82) is 0 Å². The number of ether oxygens (including phenoxy) is 2. The average molecular weight is 707 g/mol. The molecule has 4 nitrogen and oxygen atoms in total. The number of allylic oxidation sites excluding steroid dienone is 2. The van der Waals surface area contributed by atoms with Crippen LogP contribution in [0.5, 0.6) is 0 Å². The van der Waals surface area contributed by atoms with E-state index in [1.54, 1.807) is 0 Å². The summed E-state index contributed by atoms with van der Waals surface area (Å²) in [6.07, 6.45) is 52.9. The molecular weight excluding hydrogens is 617 g/mol. The van der Waals surface area contributed by atoms with Gasteiger partial charge in [-0.3, -0.25) is 4.79 Å². The Labute approximate surface area is 314 Å². The van der Waals surface area contributed by atoms with Crippen LogP contribution in [0.2, 0.25) is 0 Å². The first kappa shape index (κ1) is 49.1. The van der Waals surface area contributed by atoms with Crippen LogP contribution in [0.1, 0.15) is 251 Å². The van der Waals surface area contributed by atoms with Crippen molar-refractivity contribution >= 4 is 5.97 Å². The number of esters is 1. The second kappa shape index (κ2) is 44.3. The molecule has 0 aliphatic rings. The number of hydrogen-bond donors (Lipinski definition) is 1. The molecule has 1 unspecified atom stereocenters. The highest BCUT2D eigenvalue weighted by molar-refractivity contribution is 5.69. The molecule has 0 fully saturated rings. The summed E-state index contributed by atoms with van der Waals surface area (Å²) in [5, 5.41) is 9.59. The third kappa shape index (κ3) is 41.5. The summed E-state index contributed by atoms with van der Waals surface area (Å²) in [5.74, 6) is -0.205. The molecule has 0 bridgehead atoms. The van der Waals surface area contributed by atoms with E-state index >= 15 is 0 Å². The SMILES string of the molecule is CCCCCC/C=C\CCCCCCCC(=O)OC(CO)COCCCCCCCCCCCCCCCCCCCCCCCCCCC. The topological polar surface area (TPSA) is 55.8 Å². The summed E-state index contributed by atoms with van der Waals surface area (Å²) in [7, 11) is 0. The molecule has 0 aromatic carbocycles. The Morgan fingerprint density at radius 2 is 0.780 bits per heavy atom. The molecule has 50 heavy (non-hydrogen) atoms. The summed E-state index contributed by atoms with van der Waals surface area (Å²) in [5.41, 5.74) is 0. The zero-order valence-electron chi connectivity index (χ0n) is 34.2. The van der Waals surface area contributed by atoms with Gasteiger partial charge >= 0.3 is 5.97 Å². The van der Waals surface area contributed by atoms with Gasteiger partial charge in [-0.2, -0.15) is 0 Å². The highest BCUT2D eigenvalue weighted by Gasteiger charge is 2.13. The first-order chi connectivity index (χ1) is 24.7. The van der Waals surface area contributed by atoms with Crippen molar-refractivity contribution in [2.24, 2.45) is 0 Å². The summed E-state index contributed by atoms with van der Waals surface area (Å²) >= 11 is 0. The molecule has 4 heteroatoms. The zero-order valence-corrected chi connectivity index (χ0v) is 34.2. The van der Waals surface area contributed by atoms with E-state index in [1.807, 2.05) is 0 Å². The van der Waals surface area contributed by atoms with E-state index in [9.17, 15) is 9.90 Å². The van der Waals surface area contributed by atoms with Gasteiger partial charge in [0.1, 0.15) is 6.10 Å². The van der Waals surface area contributed by atoms with Gasteiger partial charge in [-0.25, -0.2) is 0 Å². The fraction of sp³-hybridized carbons (Fsp3) is 0.935. The summed E-state index contributed by atoms with van der Waals surface area (Å²) in [6, 6.07) is 0. The third-order valence-corrected chi connectivity index (χ3v) is 10.3. The predicted octanol–water partition coefficient (Wildman–Crippen LogP) is 14.9. The molecule has 1 atom stereocenters. The standard InChI is InChI=1S/C46H90O4/c1-3-5-7-9-11-13-15-17-18-19-20-21-22-23-24-25-26-27-28-30-32-34-36-38-40-42-49-44-45(43-47)50-46(48)41-39-37-35-33-31-29-16-14-12-10-8-6-4-2/h14,16,45,47H,3-13,15,17-44H2,1-2H3/b16-14-. The second-order valence-corrected chi connectivity index (χ2v) is 15.5. The number of aliphatic hydroxyl groups is 1. The van der Waals surface area contributed by atoms with E-state index in [2.05, 4.69) is 26.0 Å². The Morgan fingerprint density at radius 3 is 1.16 bits per heavy atom. The van der Waals surface area contributed by atoms with Gasteiger partial charge < -0.3 is 14.6 Å². The lowest BCUT2D eigenvalue weighted by atomic mass is 10.0. The van der Waals surface area contributed by atoms with Crippen molar-refractivity contribution in [3.63, 3.8) is 0 Å². The zero-order chi connectivity index (χ0) is 36.3. The van der Waals surface area contributed by atoms with Gasteiger partial charge in [0.05, 0.1) is 13.2 Å². The Kier molecular flexibility index (Phi) is 43.5. The molecule has 0 aliphatic carbocycles. The third-order valence-electron chi connectivity index (χ3n) is 10.3. The minimum atomic E-state index is -0.532. The maximum Gasteiger partial charge on any atom is 0.306 e. The fourth-order valence-electron chi connectivity index (χ4n) is 6.91. The van der Waals surface area contributed by atoms with Crippen molar-refractivity contribution in [1.82, 2.24) is 0 Å². The van der Waals surface area contributed by atoms with E-state index in [-0.39, 0.29) is 12.6 Å². The first-order valence-electron chi connectivity index (χ1n) is 22.8. The highest BCUT2D eigenvalue weighted by atomic mass is 16.6. The van der Waals surface area contributed by atoms with E-state index in [0.717, 1.165) is 19.3 Å². The van der Waals surface area contributed by atoms with Gasteiger partial charge in [0, 0.05) is 13.0 Å². The van der Waals surface area contributed by atoms with Crippen molar-refractivity contribution in [3.8, 4) is 0 Å². The van der Waals surface area contributed by atoms with E-state index in [4.69, 9.17) is 9.47 Å². The van der Waals surface area contributed by atoms with Crippen LogP contribution in [0.4, 0.5) is 0 Å². The molecule has 0 aromatic rings. The molecule has 0 amide bonds. The lowest BCUT2D eigenvalue weighted by Gasteiger charge is -2.15. The van der Waals surface area contributed by atoms with Crippen LogP contribution < -0.4 is 0 Å². The smallest absolute Gasteiger partial charge is 0.306 e. The number of aliphatic hydroxyl groups excluding tert-OH is 1. The van der Waals surface area contributed by atoms with Crippen molar-refractivity contribution < 1.29 is 19.4 Å². The summed E-state index contributed by atoms with van der Waals surface area (Å²) in [4.78, 5) is 12.2. The molecule has 0 aliphatic heterocycles. The van der Waals surface area contributed by atoms with Gasteiger partial charge in [0.25, 0.3) is 0 Å². The Balaban J connectivity index is 3.33. The number of carbonyl (C=O) groups is 1. The van der Waals surface area contributed by atoms with E-state index in [1.165, 1.54) is 212 Å². The molecule has 1 N–H and O–H groups in total. The van der Waals surface area contributed by atoms with Crippen LogP contribution in [0.25, 0.3) is 0 Å². The molecule has 0 aromatic heterocycles. The Morgan fingerprint density at radius 1 is 0.460 bits per heavy atom. The van der Waals surface area contributed by atoms with Gasteiger partial charge in [-0.05, 0) is 38.5 Å². The minimum Gasteiger partial charge on any atom is -0.457 e. The quantitative estimate of drug-likeness (QED) is 0.0390. The molecule has 0 saturated heterocycles.